The van der Waals surface area contributed by atoms with Crippen molar-refractivity contribution in [3.8, 4) is 0 Å². The smallest absolute Gasteiger partial charge is 0.328 e. The van der Waals surface area contributed by atoms with Crippen LogP contribution in [0, 0.1) is 0 Å². The van der Waals surface area contributed by atoms with E-state index < -0.39 is 0 Å². The Bertz CT molecular complexity index is 687. The summed E-state index contributed by atoms with van der Waals surface area (Å²) < 4.78 is 0. The minimum atomic E-state index is 0.250. The van der Waals surface area contributed by atoms with Gasteiger partial charge in [-0.1, -0.05) is 42.5 Å². The second kappa shape index (κ2) is 12.5. The summed E-state index contributed by atoms with van der Waals surface area (Å²) in [5, 5.41) is 8.44. The number of nitrogens with two attached hydrogens (primary N) is 1. The van der Waals surface area contributed by atoms with Gasteiger partial charge in [-0.15, -0.1) is 0 Å². The Balaban J connectivity index is 0.000000970. The molecule has 0 radical (unpaired) electrons. The lowest BCUT2D eigenvalue weighted by Gasteiger charge is -2.01. The molecule has 5 heteroatoms. The van der Waals surface area contributed by atoms with Crippen LogP contribution in [-0.2, 0) is 9.59 Å². The summed E-state index contributed by atoms with van der Waals surface area (Å²) in [6, 6.07) is 18.1. The van der Waals surface area contributed by atoms with Crippen LogP contribution in [0.3, 0.4) is 0 Å². The van der Waals surface area contributed by atoms with Crippen LogP contribution in [0.5, 0.6) is 0 Å². The summed E-state index contributed by atoms with van der Waals surface area (Å²) >= 11 is 0. The molecule has 2 N–H and O–H groups in total. The first-order valence-corrected chi connectivity index (χ1v) is 8.14. The molecule has 0 spiro atoms. The van der Waals surface area contributed by atoms with Gasteiger partial charge in [0.1, 0.15) is 0 Å². The van der Waals surface area contributed by atoms with E-state index >= 15 is 0 Å². The van der Waals surface area contributed by atoms with Crippen LogP contribution < -0.4 is 5.73 Å². The van der Waals surface area contributed by atoms with Crippen molar-refractivity contribution >= 4 is 23.6 Å². The molecule has 1 atom stereocenters. The molecular weight excluding hydrogens is 314 g/mol. The molecule has 0 heterocycles. The summed E-state index contributed by atoms with van der Waals surface area (Å²) in [6.07, 6.45) is 7.86. The van der Waals surface area contributed by atoms with Gasteiger partial charge in [0, 0.05) is 6.04 Å². The van der Waals surface area contributed by atoms with Gasteiger partial charge in [0.05, 0.1) is 11.4 Å². The maximum atomic E-state index is 8.12. The Kier molecular flexibility index (Phi) is 10.1. The summed E-state index contributed by atoms with van der Waals surface area (Å²) in [5.74, 6) is 0. The maximum Gasteiger partial charge on any atom is 0.373 e. The summed E-state index contributed by atoms with van der Waals surface area (Å²) in [4.78, 5) is 16.2. The van der Waals surface area contributed by atoms with Crippen LogP contribution in [-0.4, -0.2) is 12.2 Å². The minimum absolute atomic E-state index is 0.250. The van der Waals surface area contributed by atoms with Gasteiger partial charge in [0.2, 0.25) is 0 Å². The first-order chi connectivity index (χ1) is 12.2. The van der Waals surface area contributed by atoms with Crippen LogP contribution in [0.2, 0.25) is 0 Å². The van der Waals surface area contributed by atoms with Gasteiger partial charge in [-0.05, 0) is 56.0 Å². The van der Waals surface area contributed by atoms with E-state index in [1.165, 1.54) is 5.56 Å². The van der Waals surface area contributed by atoms with Crippen molar-refractivity contribution in [3.63, 3.8) is 0 Å². The molecule has 2 rings (SSSR count). The standard InChI is InChI=1S/C19H23N3.CO2/c1-16(20)8-4-2-5-9-17-12-14-19(15-13-17)22-21-18-10-6-3-7-11-18;2-1-3/h3,5-7,9-16H,2,4,8,20H2,1H3;/b9-5+,22-21?;/t16-;/m1./s1. The molecule has 25 heavy (non-hydrogen) atoms. The van der Waals surface area contributed by atoms with E-state index in [2.05, 4.69) is 34.5 Å². The number of azo groups is 1. The average Bonchev–Trinajstić information content (AvgIpc) is 2.62. The summed E-state index contributed by atoms with van der Waals surface area (Å²) in [6.45, 7) is 2.05. The number of hydrogen-bond donors (Lipinski definition) is 1. The van der Waals surface area contributed by atoms with Crippen molar-refractivity contribution in [2.24, 2.45) is 16.0 Å². The normalized spacial score (nSPS) is 11.8. The second-order valence-electron chi connectivity index (χ2n) is 5.52. The quantitative estimate of drug-likeness (QED) is 0.566. The topological polar surface area (TPSA) is 84.9 Å². The molecule has 0 aromatic heterocycles. The predicted octanol–water partition coefficient (Wildman–Crippen LogP) is 5.05. The molecule has 0 bridgehead atoms. The molecule has 0 saturated carbocycles. The molecule has 0 fully saturated rings. The van der Waals surface area contributed by atoms with Gasteiger partial charge in [-0.25, -0.2) is 0 Å². The molecule has 5 nitrogen and oxygen atoms in total. The van der Waals surface area contributed by atoms with Gasteiger partial charge in [-0.2, -0.15) is 19.8 Å². The largest absolute Gasteiger partial charge is 0.373 e. The van der Waals surface area contributed by atoms with E-state index in [9.17, 15) is 0 Å². The molecule has 0 aliphatic carbocycles. The van der Waals surface area contributed by atoms with Crippen molar-refractivity contribution in [1.29, 1.82) is 0 Å². The van der Waals surface area contributed by atoms with Gasteiger partial charge in [0.25, 0.3) is 0 Å². The van der Waals surface area contributed by atoms with E-state index in [-0.39, 0.29) is 6.15 Å². The third kappa shape index (κ3) is 9.76. The Hall–Kier alpha value is -2.88. The molecule has 130 valence electrons. The summed E-state index contributed by atoms with van der Waals surface area (Å²) in [7, 11) is 0. The minimum Gasteiger partial charge on any atom is -0.328 e. The number of allylic oxidation sites excluding steroid dienone is 1. The number of unbranched alkanes of at least 4 members (excludes halogenated alkanes) is 1. The third-order valence-electron chi connectivity index (χ3n) is 3.27. The molecule has 2 aromatic rings. The van der Waals surface area contributed by atoms with E-state index in [4.69, 9.17) is 15.3 Å². The number of nitrogens with zero attached hydrogens (tertiary/aromatic N) is 2. The van der Waals surface area contributed by atoms with Crippen molar-refractivity contribution in [2.75, 3.05) is 0 Å². The highest BCUT2D eigenvalue weighted by atomic mass is 16.2. The van der Waals surface area contributed by atoms with Gasteiger partial charge in [0.15, 0.2) is 0 Å². The van der Waals surface area contributed by atoms with Crippen LogP contribution in [0.25, 0.3) is 6.08 Å². The molecule has 0 unspecified atom stereocenters. The highest BCUT2D eigenvalue weighted by Crippen LogP contribution is 2.18. The first kappa shape index (κ1) is 20.2. The van der Waals surface area contributed by atoms with E-state index in [1.807, 2.05) is 49.4 Å². The Morgan fingerprint density at radius 1 is 1.00 bits per heavy atom. The molecule has 0 amide bonds. The average molecular weight is 337 g/mol. The summed E-state index contributed by atoms with van der Waals surface area (Å²) in [5.41, 5.74) is 8.63. The fraction of sp³-hybridized carbons (Fsp3) is 0.250. The zero-order valence-electron chi connectivity index (χ0n) is 14.3. The zero-order valence-corrected chi connectivity index (χ0v) is 14.3. The van der Waals surface area contributed by atoms with Crippen LogP contribution in [0.15, 0.2) is 70.9 Å². The van der Waals surface area contributed by atoms with E-state index in [0.29, 0.717) is 6.04 Å². The number of benzene rings is 2. The SMILES string of the molecule is C[C@@H](N)CCC/C=C/c1ccc(N=Nc2ccccc2)cc1.O=C=O. The van der Waals surface area contributed by atoms with Crippen LogP contribution in [0.4, 0.5) is 11.4 Å². The molecule has 2 aromatic carbocycles. The highest BCUT2D eigenvalue weighted by molar-refractivity contribution is 5.53. The molecular formula is C20H23N3O2. The Labute approximate surface area is 148 Å². The lowest BCUT2D eigenvalue weighted by Crippen LogP contribution is -2.13. The predicted molar refractivity (Wildman–Crippen MR) is 98.6 cm³/mol. The van der Waals surface area contributed by atoms with Crippen LogP contribution >= 0.6 is 0 Å². The molecule has 0 saturated heterocycles. The fourth-order valence-corrected chi connectivity index (χ4v) is 2.04. The second-order valence-corrected chi connectivity index (χ2v) is 5.52. The molecule has 0 aliphatic heterocycles. The fourth-order valence-electron chi connectivity index (χ4n) is 2.04. The van der Waals surface area contributed by atoms with Crippen molar-refractivity contribution in [1.82, 2.24) is 0 Å². The Morgan fingerprint density at radius 2 is 1.56 bits per heavy atom. The highest BCUT2D eigenvalue weighted by Gasteiger charge is 1.93. The van der Waals surface area contributed by atoms with Gasteiger partial charge in [-0.3, -0.25) is 0 Å². The van der Waals surface area contributed by atoms with Crippen molar-refractivity contribution in [3.05, 3.63) is 66.2 Å². The number of hydrogen-bond acceptors (Lipinski definition) is 5. The lowest BCUT2D eigenvalue weighted by molar-refractivity contribution is -0.191. The van der Waals surface area contributed by atoms with Crippen LogP contribution in [0.1, 0.15) is 31.7 Å². The lowest BCUT2D eigenvalue weighted by atomic mass is 10.1. The van der Waals surface area contributed by atoms with Gasteiger partial charge >= 0.3 is 6.15 Å². The third-order valence-corrected chi connectivity index (χ3v) is 3.27. The zero-order chi connectivity index (χ0) is 18.3. The Morgan fingerprint density at radius 3 is 2.12 bits per heavy atom. The van der Waals surface area contributed by atoms with E-state index in [0.717, 1.165) is 30.6 Å². The first-order valence-electron chi connectivity index (χ1n) is 8.14. The van der Waals surface area contributed by atoms with Crippen molar-refractivity contribution in [2.45, 2.75) is 32.2 Å². The number of carbonyl (C=O) groups excluding carboxylic acids is 2. The van der Waals surface area contributed by atoms with Crippen molar-refractivity contribution < 1.29 is 9.59 Å². The maximum absolute atomic E-state index is 8.12. The number of rotatable bonds is 7. The molecule has 0 aliphatic rings. The van der Waals surface area contributed by atoms with E-state index in [1.54, 1.807) is 0 Å². The van der Waals surface area contributed by atoms with Gasteiger partial charge < -0.3 is 5.73 Å². The monoisotopic (exact) mass is 337 g/mol.